The van der Waals surface area contributed by atoms with Crippen molar-refractivity contribution >= 4 is 105 Å². The van der Waals surface area contributed by atoms with Crippen LogP contribution in [0, 0.1) is 6.92 Å². The third-order valence-electron chi connectivity index (χ3n) is 15.0. The first-order valence-electron chi connectivity index (χ1n) is 23.2. The van der Waals surface area contributed by atoms with Crippen LogP contribution in [0.1, 0.15) is 83.2 Å². The second kappa shape index (κ2) is 13.0. The summed E-state index contributed by atoms with van der Waals surface area (Å²) >= 11 is 1.90. The number of benzene rings is 8. The highest BCUT2D eigenvalue weighted by Crippen LogP contribution is 2.53. The fourth-order valence-corrected chi connectivity index (χ4v) is 12.6. The van der Waals surface area contributed by atoms with E-state index in [0.717, 1.165) is 40.6 Å². The highest BCUT2D eigenvalue weighted by Gasteiger charge is 2.38. The summed E-state index contributed by atoms with van der Waals surface area (Å²) in [6.07, 6.45) is 0. The number of hydrogen-bond acceptors (Lipinski definition) is 3. The average Bonchev–Trinajstić information content (AvgIpc) is 3.99. The van der Waals surface area contributed by atoms with Gasteiger partial charge in [-0.2, -0.15) is 0 Å². The van der Waals surface area contributed by atoms with Crippen LogP contribution in [-0.2, 0) is 16.2 Å². The number of rotatable bonds is 3. The van der Waals surface area contributed by atoms with E-state index < -0.39 is 0 Å². The molecular formula is C60H51BN2OS. The number of nitrogens with zero attached hydrogens (tertiary/aromatic N) is 1. The van der Waals surface area contributed by atoms with Gasteiger partial charge in [0.15, 0.2) is 7.28 Å². The molecule has 3 aromatic heterocycles. The predicted molar refractivity (Wildman–Crippen MR) is 282 cm³/mol. The van der Waals surface area contributed by atoms with E-state index in [-0.39, 0.29) is 16.2 Å². The van der Waals surface area contributed by atoms with Gasteiger partial charge in [-0.15, -0.1) is 11.3 Å². The summed E-state index contributed by atoms with van der Waals surface area (Å²) in [4.78, 5) is 0. The van der Waals surface area contributed by atoms with Crippen LogP contribution in [0.2, 0.25) is 0 Å². The van der Waals surface area contributed by atoms with Gasteiger partial charge in [-0.25, -0.2) is 0 Å². The van der Waals surface area contributed by atoms with Crippen LogP contribution in [0.15, 0.2) is 138 Å². The van der Waals surface area contributed by atoms with Gasteiger partial charge >= 0.3 is 0 Å². The summed E-state index contributed by atoms with van der Waals surface area (Å²) in [7, 11) is 0.824. The lowest BCUT2D eigenvalue weighted by Crippen LogP contribution is -2.37. The molecule has 0 spiro atoms. The minimum atomic E-state index is -0.174. The molecule has 0 saturated carbocycles. The molecule has 0 radical (unpaired) electrons. The van der Waals surface area contributed by atoms with Crippen LogP contribution in [0.5, 0.6) is 0 Å². The molecule has 0 unspecified atom stereocenters. The lowest BCUT2D eigenvalue weighted by molar-refractivity contribution is 0.584. The van der Waals surface area contributed by atoms with Gasteiger partial charge in [0.05, 0.1) is 5.52 Å². The number of hydrogen-bond donors (Lipinski definition) is 1. The molecule has 5 heteroatoms. The van der Waals surface area contributed by atoms with Crippen LogP contribution in [0.25, 0.3) is 91.9 Å². The zero-order chi connectivity index (χ0) is 44.5. The van der Waals surface area contributed by atoms with Gasteiger partial charge in [-0.05, 0) is 128 Å². The highest BCUT2D eigenvalue weighted by atomic mass is 32.1. The molecule has 0 fully saturated rings. The first-order valence-corrected chi connectivity index (χ1v) is 24.0. The van der Waals surface area contributed by atoms with Gasteiger partial charge in [0, 0.05) is 69.9 Å². The lowest BCUT2D eigenvalue weighted by Gasteiger charge is -2.27. The van der Waals surface area contributed by atoms with E-state index in [9.17, 15) is 0 Å². The van der Waals surface area contributed by atoms with E-state index in [4.69, 9.17) is 4.42 Å². The Balaban J connectivity index is 1.12. The minimum absolute atomic E-state index is 0.0534. The van der Waals surface area contributed by atoms with Crippen molar-refractivity contribution in [1.82, 2.24) is 4.57 Å². The minimum Gasteiger partial charge on any atom is -0.456 e. The number of furan rings is 1. The SMILES string of the molecule is Cc1cc(-c2cc3c(cc2Nc2ccc(C(C)(C)C)cc2)C(C)(C)c2cc(C(C)(C)C)ccc2-3)c2c3c1c1cc4oc5ccccc5c4cc1n3-c1cc3sc4ccccc4c3cc1B2. The molecule has 4 heterocycles. The maximum atomic E-state index is 6.59. The number of aromatic nitrogens is 1. The van der Waals surface area contributed by atoms with Gasteiger partial charge in [-0.1, -0.05) is 140 Å². The number of aryl methyl sites for hydroxylation is 1. The number of para-hydroxylation sites is 1. The van der Waals surface area contributed by atoms with Crippen LogP contribution >= 0.6 is 11.3 Å². The van der Waals surface area contributed by atoms with Crippen molar-refractivity contribution in [3.63, 3.8) is 0 Å². The van der Waals surface area contributed by atoms with Crippen LogP contribution in [-0.4, -0.2) is 11.8 Å². The normalized spacial score (nSPS) is 14.2. The van der Waals surface area contributed by atoms with Crippen LogP contribution in [0.4, 0.5) is 11.4 Å². The first kappa shape index (κ1) is 38.9. The van der Waals surface area contributed by atoms with E-state index in [1.54, 1.807) is 0 Å². The molecule has 0 amide bonds. The molecule has 1 aliphatic heterocycles. The molecule has 1 N–H and O–H groups in total. The van der Waals surface area contributed by atoms with E-state index >= 15 is 0 Å². The zero-order valence-electron chi connectivity index (χ0n) is 38.7. The second-order valence-corrected chi connectivity index (χ2v) is 22.6. The largest absolute Gasteiger partial charge is 0.456 e. The molecule has 0 atom stereocenters. The van der Waals surface area contributed by atoms with E-state index in [1.807, 2.05) is 11.3 Å². The van der Waals surface area contributed by atoms with Crippen molar-refractivity contribution in [3.8, 4) is 27.9 Å². The second-order valence-electron chi connectivity index (χ2n) is 21.5. The van der Waals surface area contributed by atoms with Crippen molar-refractivity contribution in [2.24, 2.45) is 0 Å². The molecule has 0 bridgehead atoms. The predicted octanol–water partition coefficient (Wildman–Crippen LogP) is 15.4. The van der Waals surface area contributed by atoms with Crippen LogP contribution < -0.4 is 16.2 Å². The Bertz CT molecular complexity index is 3880. The fourth-order valence-electron chi connectivity index (χ4n) is 11.5. The fraction of sp³-hybridized carbons (Fsp3) is 0.200. The average molecular weight is 859 g/mol. The van der Waals surface area contributed by atoms with E-state index in [0.29, 0.717) is 0 Å². The molecule has 11 aromatic rings. The summed E-state index contributed by atoms with van der Waals surface area (Å²) in [5.74, 6) is 0. The molecule has 316 valence electrons. The molecule has 8 aromatic carbocycles. The summed E-state index contributed by atoms with van der Waals surface area (Å²) in [5.41, 5.74) is 22.5. The van der Waals surface area contributed by atoms with Crippen molar-refractivity contribution in [2.75, 3.05) is 5.32 Å². The third kappa shape index (κ3) is 5.55. The Morgan fingerprint density at radius 1 is 0.585 bits per heavy atom. The molecule has 65 heavy (non-hydrogen) atoms. The van der Waals surface area contributed by atoms with Gasteiger partial charge in [0.25, 0.3) is 0 Å². The number of thiophene rings is 1. The van der Waals surface area contributed by atoms with E-state index in [2.05, 4.69) is 206 Å². The van der Waals surface area contributed by atoms with Crippen LogP contribution in [0.3, 0.4) is 0 Å². The maximum absolute atomic E-state index is 6.59. The van der Waals surface area contributed by atoms with Gasteiger partial charge in [0.2, 0.25) is 0 Å². The summed E-state index contributed by atoms with van der Waals surface area (Å²) in [6.45, 7) is 21.0. The van der Waals surface area contributed by atoms with Gasteiger partial charge in [-0.3, -0.25) is 0 Å². The smallest absolute Gasteiger partial charge is 0.198 e. The number of anilines is 2. The molecule has 1 aliphatic carbocycles. The summed E-state index contributed by atoms with van der Waals surface area (Å²) < 4.78 is 11.9. The zero-order valence-corrected chi connectivity index (χ0v) is 39.5. The molecule has 3 nitrogen and oxygen atoms in total. The topological polar surface area (TPSA) is 30.1 Å². The highest BCUT2D eigenvalue weighted by molar-refractivity contribution is 7.25. The Morgan fingerprint density at radius 2 is 1.31 bits per heavy atom. The lowest BCUT2D eigenvalue weighted by atomic mass is 9.58. The Kier molecular flexibility index (Phi) is 7.80. The third-order valence-corrected chi connectivity index (χ3v) is 16.2. The molecule has 2 aliphatic rings. The maximum Gasteiger partial charge on any atom is 0.198 e. The Hall–Kier alpha value is -6.56. The standard InChI is InChI=1S/C60H51BN2OS/c1-32-24-43(40-26-39-36-23-20-34(59(5,6)7)25-45(36)60(8,9)46(39)30-48(40)62-35-21-18-33(19-22-35)58(2,3)4)56-57-55(32)44-29-52-41(37-14-10-12-16-51(37)64-52)28-49(44)63(57)50-31-54-42(27-47(50)61-56)38-15-11-13-17-53(38)65-54/h10-31,61-62H,1-9H3. The first-order chi connectivity index (χ1) is 31.1. The number of fused-ring (bicyclic) bond motifs is 14. The Labute approximate surface area is 385 Å². The number of nitrogens with one attached hydrogen (secondary N) is 1. The molecular weight excluding hydrogens is 808 g/mol. The van der Waals surface area contributed by atoms with Crippen molar-refractivity contribution < 1.29 is 4.42 Å². The monoisotopic (exact) mass is 858 g/mol. The van der Waals surface area contributed by atoms with Crippen molar-refractivity contribution in [1.29, 1.82) is 0 Å². The van der Waals surface area contributed by atoms with Gasteiger partial charge in [0.1, 0.15) is 11.2 Å². The summed E-state index contributed by atoms with van der Waals surface area (Å²) in [5, 5.41) is 11.5. The molecule has 13 rings (SSSR count). The molecule has 0 saturated heterocycles. The quantitative estimate of drug-likeness (QED) is 0.179. The Morgan fingerprint density at radius 3 is 2.09 bits per heavy atom. The summed E-state index contributed by atoms with van der Waals surface area (Å²) in [6, 6.07) is 50.9. The van der Waals surface area contributed by atoms with Crippen molar-refractivity contribution in [3.05, 3.63) is 161 Å². The van der Waals surface area contributed by atoms with E-state index in [1.165, 1.54) is 109 Å². The van der Waals surface area contributed by atoms with Gasteiger partial charge < -0.3 is 14.3 Å². The van der Waals surface area contributed by atoms with Crippen molar-refractivity contribution in [2.45, 2.75) is 78.6 Å².